The lowest BCUT2D eigenvalue weighted by atomic mass is 9.95. The average molecular weight is 265 g/mol. The lowest BCUT2D eigenvalue weighted by Gasteiger charge is -2.39. The molecule has 0 saturated carbocycles. The zero-order chi connectivity index (χ0) is 10.7. The van der Waals surface area contributed by atoms with Gasteiger partial charge in [0, 0.05) is 18.6 Å². The molecule has 2 rings (SSSR count). The summed E-state index contributed by atoms with van der Waals surface area (Å²) < 4.78 is 0. The number of thioether (sulfide) groups is 1. The third kappa shape index (κ3) is 3.80. The number of hydrogen-bond acceptors (Lipinski definition) is 3. The molecule has 16 heavy (non-hydrogen) atoms. The van der Waals surface area contributed by atoms with Gasteiger partial charge >= 0.3 is 0 Å². The van der Waals surface area contributed by atoms with E-state index < -0.39 is 0 Å². The molecule has 2 fully saturated rings. The minimum Gasteiger partial charge on any atom is -0.327 e. The number of piperidine rings is 1. The maximum atomic E-state index is 6.08. The van der Waals surface area contributed by atoms with Crippen molar-refractivity contribution >= 4 is 24.2 Å². The van der Waals surface area contributed by atoms with E-state index in [4.69, 9.17) is 5.73 Å². The van der Waals surface area contributed by atoms with E-state index in [0.29, 0.717) is 12.1 Å². The fraction of sp³-hybridized carbons (Fsp3) is 1.00. The van der Waals surface area contributed by atoms with Crippen LogP contribution in [-0.2, 0) is 0 Å². The quantitative estimate of drug-likeness (QED) is 0.849. The molecule has 0 aliphatic carbocycles. The number of likely N-dealkylation sites (tertiary alicyclic amines) is 1. The molecule has 2 heterocycles. The number of hydrogen-bond donors (Lipinski definition) is 1. The van der Waals surface area contributed by atoms with Crippen molar-refractivity contribution in [3.8, 4) is 0 Å². The highest BCUT2D eigenvalue weighted by atomic mass is 35.5. The minimum absolute atomic E-state index is 0. The summed E-state index contributed by atoms with van der Waals surface area (Å²) in [6.07, 6.45) is 5.50. The first-order chi connectivity index (χ1) is 7.27. The zero-order valence-corrected chi connectivity index (χ0v) is 11.9. The van der Waals surface area contributed by atoms with Crippen LogP contribution < -0.4 is 5.73 Å². The Morgan fingerprint density at radius 3 is 2.81 bits per heavy atom. The molecular formula is C12H25ClN2S. The van der Waals surface area contributed by atoms with Gasteiger partial charge in [-0.25, -0.2) is 0 Å². The van der Waals surface area contributed by atoms with Gasteiger partial charge in [-0.05, 0) is 50.2 Å². The van der Waals surface area contributed by atoms with Crippen LogP contribution in [0.15, 0.2) is 0 Å². The van der Waals surface area contributed by atoms with Crippen molar-refractivity contribution in [2.75, 3.05) is 24.6 Å². The first-order valence-corrected chi connectivity index (χ1v) is 7.50. The number of halogens is 1. The van der Waals surface area contributed by atoms with Gasteiger partial charge in [0.2, 0.25) is 0 Å². The molecule has 2 nitrogen and oxygen atoms in total. The number of nitrogens with two attached hydrogens (primary N) is 1. The lowest BCUT2D eigenvalue weighted by Crippen LogP contribution is -2.50. The van der Waals surface area contributed by atoms with Crippen LogP contribution in [0, 0.1) is 5.92 Å². The Hall–Kier alpha value is 0.560. The summed E-state index contributed by atoms with van der Waals surface area (Å²) >= 11 is 2.12. The topological polar surface area (TPSA) is 29.3 Å². The third-order valence-electron chi connectivity index (χ3n) is 3.79. The summed E-state index contributed by atoms with van der Waals surface area (Å²) in [5, 5.41) is 0. The summed E-state index contributed by atoms with van der Waals surface area (Å²) in [7, 11) is 0. The van der Waals surface area contributed by atoms with E-state index in [1.165, 1.54) is 50.3 Å². The van der Waals surface area contributed by atoms with Gasteiger partial charge in [-0.2, -0.15) is 11.8 Å². The highest BCUT2D eigenvalue weighted by Crippen LogP contribution is 2.27. The minimum atomic E-state index is 0. The zero-order valence-electron chi connectivity index (χ0n) is 10.2. The van der Waals surface area contributed by atoms with Crippen molar-refractivity contribution in [3.05, 3.63) is 0 Å². The van der Waals surface area contributed by atoms with Crippen molar-refractivity contribution < 1.29 is 0 Å². The molecule has 2 N–H and O–H groups in total. The fourth-order valence-corrected chi connectivity index (χ4v) is 4.17. The first kappa shape index (κ1) is 14.6. The maximum Gasteiger partial charge on any atom is 0.0244 e. The van der Waals surface area contributed by atoms with Crippen molar-refractivity contribution in [2.24, 2.45) is 11.7 Å². The van der Waals surface area contributed by atoms with E-state index >= 15 is 0 Å². The Kier molecular flexibility index (Phi) is 6.48. The highest BCUT2D eigenvalue weighted by Gasteiger charge is 2.28. The van der Waals surface area contributed by atoms with Crippen molar-refractivity contribution in [1.82, 2.24) is 4.90 Å². The third-order valence-corrected chi connectivity index (χ3v) is 5.02. The van der Waals surface area contributed by atoms with Gasteiger partial charge in [-0.1, -0.05) is 6.42 Å². The Balaban J connectivity index is 0.00000128. The van der Waals surface area contributed by atoms with Crippen LogP contribution in [0.2, 0.25) is 0 Å². The SMILES string of the molecule is CC(N)C1CCCCN1CC1CCSC1.Cl. The van der Waals surface area contributed by atoms with Crippen LogP contribution in [0.4, 0.5) is 0 Å². The van der Waals surface area contributed by atoms with Gasteiger partial charge in [0.15, 0.2) is 0 Å². The molecule has 0 aromatic carbocycles. The van der Waals surface area contributed by atoms with Gasteiger partial charge in [0.25, 0.3) is 0 Å². The number of rotatable bonds is 3. The van der Waals surface area contributed by atoms with E-state index in [2.05, 4.69) is 23.6 Å². The molecule has 2 aliphatic rings. The molecule has 3 atom stereocenters. The van der Waals surface area contributed by atoms with Crippen LogP contribution in [0.25, 0.3) is 0 Å². The molecule has 2 aliphatic heterocycles. The predicted molar refractivity (Wildman–Crippen MR) is 75.5 cm³/mol. The molecule has 4 heteroatoms. The van der Waals surface area contributed by atoms with Crippen molar-refractivity contribution in [1.29, 1.82) is 0 Å². The Morgan fingerprint density at radius 1 is 1.38 bits per heavy atom. The second-order valence-corrected chi connectivity index (χ2v) is 6.30. The van der Waals surface area contributed by atoms with Gasteiger partial charge in [-0.3, -0.25) is 4.90 Å². The second kappa shape index (κ2) is 7.10. The molecule has 96 valence electrons. The molecule has 0 amide bonds. The average Bonchev–Trinajstić information content (AvgIpc) is 2.71. The van der Waals surface area contributed by atoms with Gasteiger partial charge in [0.05, 0.1) is 0 Å². The van der Waals surface area contributed by atoms with E-state index in [-0.39, 0.29) is 12.4 Å². The molecule has 0 spiro atoms. The van der Waals surface area contributed by atoms with Crippen LogP contribution >= 0.6 is 24.2 Å². The molecule has 0 bridgehead atoms. The fourth-order valence-electron chi connectivity index (χ4n) is 2.90. The standard InChI is InChI=1S/C12H24N2S.ClH/c1-10(13)12-4-2-3-6-14(12)8-11-5-7-15-9-11;/h10-12H,2-9,13H2,1H3;1H. The molecule has 3 unspecified atom stereocenters. The molecule has 2 saturated heterocycles. The van der Waals surface area contributed by atoms with Crippen LogP contribution in [-0.4, -0.2) is 41.6 Å². The molecule has 0 radical (unpaired) electrons. The van der Waals surface area contributed by atoms with Crippen molar-refractivity contribution in [3.63, 3.8) is 0 Å². The Bertz CT molecular complexity index is 195. The largest absolute Gasteiger partial charge is 0.327 e. The van der Waals surface area contributed by atoms with E-state index in [1.807, 2.05) is 0 Å². The summed E-state index contributed by atoms with van der Waals surface area (Å²) in [6, 6.07) is 1.00. The summed E-state index contributed by atoms with van der Waals surface area (Å²) in [4.78, 5) is 2.67. The monoisotopic (exact) mass is 264 g/mol. The Morgan fingerprint density at radius 2 is 2.19 bits per heavy atom. The molecule has 0 aromatic rings. The van der Waals surface area contributed by atoms with Crippen LogP contribution in [0.1, 0.15) is 32.6 Å². The molecular weight excluding hydrogens is 240 g/mol. The van der Waals surface area contributed by atoms with Gasteiger partial charge < -0.3 is 5.73 Å². The normalized spacial score (nSPS) is 33.4. The van der Waals surface area contributed by atoms with Crippen LogP contribution in [0.5, 0.6) is 0 Å². The van der Waals surface area contributed by atoms with E-state index in [0.717, 1.165) is 5.92 Å². The number of nitrogens with zero attached hydrogens (tertiary/aromatic N) is 1. The smallest absolute Gasteiger partial charge is 0.0244 e. The van der Waals surface area contributed by atoms with E-state index in [9.17, 15) is 0 Å². The van der Waals surface area contributed by atoms with Gasteiger partial charge in [0.1, 0.15) is 0 Å². The van der Waals surface area contributed by atoms with Gasteiger partial charge in [-0.15, -0.1) is 12.4 Å². The van der Waals surface area contributed by atoms with Crippen LogP contribution in [0.3, 0.4) is 0 Å². The summed E-state index contributed by atoms with van der Waals surface area (Å²) in [5.41, 5.74) is 6.08. The molecule has 0 aromatic heterocycles. The highest BCUT2D eigenvalue weighted by molar-refractivity contribution is 7.99. The second-order valence-electron chi connectivity index (χ2n) is 5.15. The van der Waals surface area contributed by atoms with Crippen molar-refractivity contribution in [2.45, 2.75) is 44.7 Å². The maximum absolute atomic E-state index is 6.08. The Labute approximate surface area is 110 Å². The van der Waals surface area contributed by atoms with E-state index in [1.54, 1.807) is 0 Å². The first-order valence-electron chi connectivity index (χ1n) is 6.35. The summed E-state index contributed by atoms with van der Waals surface area (Å²) in [6.45, 7) is 4.76. The summed E-state index contributed by atoms with van der Waals surface area (Å²) in [5.74, 6) is 3.69. The predicted octanol–water partition coefficient (Wildman–Crippen LogP) is 2.36. The lowest BCUT2D eigenvalue weighted by molar-refractivity contribution is 0.114.